The molecule has 0 aliphatic carbocycles. The fourth-order valence-electron chi connectivity index (χ4n) is 1.35. The van der Waals surface area contributed by atoms with Gasteiger partial charge in [0.2, 0.25) is 0 Å². The highest BCUT2D eigenvalue weighted by atomic mass is 79.9. The Kier molecular flexibility index (Phi) is 6.21. The Morgan fingerprint density at radius 2 is 2.05 bits per heavy atom. The number of hydrogen-bond acceptors (Lipinski definition) is 6. The molecule has 0 aliphatic heterocycles. The number of esters is 2. The lowest BCUT2D eigenvalue weighted by atomic mass is 10.2. The predicted molar refractivity (Wildman–Crippen MR) is 79.6 cm³/mol. The highest BCUT2D eigenvalue weighted by Gasteiger charge is 2.18. The summed E-state index contributed by atoms with van der Waals surface area (Å²) in [6, 6.07) is 5.07. The molecule has 0 saturated carbocycles. The van der Waals surface area contributed by atoms with Gasteiger partial charge in [-0.1, -0.05) is 11.6 Å². The van der Waals surface area contributed by atoms with E-state index < -0.39 is 11.9 Å². The SMILES string of the molecule is COC(=O)/C=C(/Nc1c(Cl)ccc(Br)c1C#N)C(=O)OC. The van der Waals surface area contributed by atoms with E-state index in [1.54, 1.807) is 6.07 Å². The molecular formula is C13H10BrClN2O4. The predicted octanol–water partition coefficient (Wildman–Crippen LogP) is 2.62. The Labute approximate surface area is 134 Å². The van der Waals surface area contributed by atoms with Gasteiger partial charge in [-0.2, -0.15) is 5.26 Å². The summed E-state index contributed by atoms with van der Waals surface area (Å²) in [5, 5.41) is 12.0. The highest BCUT2D eigenvalue weighted by Crippen LogP contribution is 2.32. The van der Waals surface area contributed by atoms with Gasteiger partial charge in [0.25, 0.3) is 0 Å². The maximum Gasteiger partial charge on any atom is 0.354 e. The van der Waals surface area contributed by atoms with Crippen LogP contribution in [-0.2, 0) is 19.1 Å². The highest BCUT2D eigenvalue weighted by molar-refractivity contribution is 9.10. The first-order valence-electron chi connectivity index (χ1n) is 5.47. The lowest BCUT2D eigenvalue weighted by molar-refractivity contribution is -0.138. The van der Waals surface area contributed by atoms with Crippen LogP contribution in [0.15, 0.2) is 28.4 Å². The van der Waals surface area contributed by atoms with Crippen LogP contribution in [0.5, 0.6) is 0 Å². The molecule has 1 N–H and O–H groups in total. The molecule has 1 aromatic rings. The molecule has 0 bridgehead atoms. The maximum absolute atomic E-state index is 11.7. The summed E-state index contributed by atoms with van der Waals surface area (Å²) in [4.78, 5) is 23.0. The Hall–Kier alpha value is -2.04. The molecule has 0 heterocycles. The second kappa shape index (κ2) is 7.67. The van der Waals surface area contributed by atoms with E-state index in [-0.39, 0.29) is 22.0 Å². The summed E-state index contributed by atoms with van der Waals surface area (Å²) in [7, 11) is 2.32. The molecular weight excluding hydrogens is 364 g/mol. The van der Waals surface area contributed by atoms with Gasteiger partial charge >= 0.3 is 11.9 Å². The van der Waals surface area contributed by atoms with Crippen LogP contribution >= 0.6 is 27.5 Å². The molecule has 1 aromatic carbocycles. The minimum Gasteiger partial charge on any atom is -0.466 e. The lowest BCUT2D eigenvalue weighted by Crippen LogP contribution is -2.16. The number of benzene rings is 1. The van der Waals surface area contributed by atoms with Gasteiger partial charge < -0.3 is 14.8 Å². The van der Waals surface area contributed by atoms with Crippen LogP contribution in [0.2, 0.25) is 5.02 Å². The van der Waals surface area contributed by atoms with Crippen LogP contribution in [0, 0.1) is 11.3 Å². The monoisotopic (exact) mass is 372 g/mol. The largest absolute Gasteiger partial charge is 0.466 e. The fraction of sp³-hybridized carbons (Fsp3) is 0.154. The summed E-state index contributed by atoms with van der Waals surface area (Å²) >= 11 is 9.21. The number of halogens is 2. The minimum absolute atomic E-state index is 0.175. The Morgan fingerprint density at radius 3 is 2.57 bits per heavy atom. The maximum atomic E-state index is 11.7. The molecule has 8 heteroatoms. The Bertz CT molecular complexity index is 652. The van der Waals surface area contributed by atoms with Gasteiger partial charge in [-0.15, -0.1) is 0 Å². The third kappa shape index (κ3) is 4.21. The quantitative estimate of drug-likeness (QED) is 0.645. The number of nitrogens with one attached hydrogen (secondary N) is 1. The second-order valence-electron chi connectivity index (χ2n) is 3.59. The number of carbonyl (C=O) groups excluding carboxylic acids is 2. The number of nitriles is 1. The van der Waals surface area contributed by atoms with Crippen molar-refractivity contribution in [2.45, 2.75) is 0 Å². The summed E-state index contributed by atoms with van der Waals surface area (Å²) < 4.78 is 9.50. The smallest absolute Gasteiger partial charge is 0.354 e. The second-order valence-corrected chi connectivity index (χ2v) is 4.85. The normalized spacial score (nSPS) is 10.5. The van der Waals surface area contributed by atoms with Crippen LogP contribution in [-0.4, -0.2) is 26.2 Å². The van der Waals surface area contributed by atoms with Crippen molar-refractivity contribution in [3.63, 3.8) is 0 Å². The van der Waals surface area contributed by atoms with Crippen LogP contribution < -0.4 is 5.32 Å². The van der Waals surface area contributed by atoms with Crippen LogP contribution in [0.3, 0.4) is 0 Å². The Balaban J connectivity index is 3.32. The zero-order valence-corrected chi connectivity index (χ0v) is 13.4. The Morgan fingerprint density at radius 1 is 1.38 bits per heavy atom. The molecule has 6 nitrogen and oxygen atoms in total. The van der Waals surface area contributed by atoms with E-state index in [4.69, 9.17) is 16.9 Å². The van der Waals surface area contributed by atoms with Crippen molar-refractivity contribution in [2.24, 2.45) is 0 Å². The van der Waals surface area contributed by atoms with Gasteiger partial charge in [-0.25, -0.2) is 9.59 Å². The third-order valence-electron chi connectivity index (χ3n) is 2.34. The average molecular weight is 374 g/mol. The van der Waals surface area contributed by atoms with E-state index in [1.165, 1.54) is 13.2 Å². The number of anilines is 1. The minimum atomic E-state index is -0.805. The number of hydrogen-bond donors (Lipinski definition) is 1. The van der Waals surface area contributed by atoms with Crippen LogP contribution in [0.25, 0.3) is 0 Å². The first-order chi connectivity index (χ1) is 9.94. The first kappa shape index (κ1) is 17.0. The van der Waals surface area contributed by atoms with E-state index in [9.17, 15) is 9.59 Å². The fourth-order valence-corrected chi connectivity index (χ4v) is 1.97. The van der Waals surface area contributed by atoms with Crippen LogP contribution in [0.1, 0.15) is 5.56 Å². The summed E-state index contributed by atoms with van der Waals surface area (Å²) in [5.41, 5.74) is 0.150. The first-order valence-corrected chi connectivity index (χ1v) is 6.64. The number of rotatable bonds is 4. The molecule has 0 atom stereocenters. The standard InChI is InChI=1S/C13H10BrClN2O4/c1-20-11(18)5-10(13(19)21-2)17-12-7(6-16)8(14)3-4-9(12)15/h3-5,17H,1-2H3/b10-5+. The molecule has 21 heavy (non-hydrogen) atoms. The molecule has 0 aromatic heterocycles. The number of nitrogens with zero attached hydrogens (tertiary/aromatic N) is 1. The zero-order valence-electron chi connectivity index (χ0n) is 11.1. The molecule has 0 aliphatic rings. The van der Waals surface area contributed by atoms with Crippen molar-refractivity contribution >= 4 is 45.2 Å². The number of methoxy groups -OCH3 is 2. The van der Waals surface area contributed by atoms with Gasteiger partial charge in [0.15, 0.2) is 0 Å². The molecule has 0 unspecified atom stereocenters. The van der Waals surface area contributed by atoms with Crippen molar-refractivity contribution in [3.8, 4) is 6.07 Å². The summed E-state index contributed by atoms with van der Waals surface area (Å²) in [6.07, 6.45) is 0.907. The molecule has 0 radical (unpaired) electrons. The molecule has 1 rings (SSSR count). The molecule has 0 fully saturated rings. The molecule has 0 amide bonds. The van der Waals surface area contributed by atoms with Gasteiger partial charge in [0, 0.05) is 4.47 Å². The third-order valence-corrected chi connectivity index (χ3v) is 3.32. The zero-order chi connectivity index (χ0) is 16.0. The summed E-state index contributed by atoms with van der Waals surface area (Å²) in [5.74, 6) is -1.56. The van der Waals surface area contributed by atoms with Crippen molar-refractivity contribution in [1.82, 2.24) is 0 Å². The van der Waals surface area contributed by atoms with Gasteiger partial charge in [0.05, 0.1) is 36.6 Å². The van der Waals surface area contributed by atoms with Gasteiger partial charge in [-0.05, 0) is 28.1 Å². The topological polar surface area (TPSA) is 88.4 Å². The van der Waals surface area contributed by atoms with Crippen molar-refractivity contribution in [3.05, 3.63) is 39.0 Å². The average Bonchev–Trinajstić information content (AvgIpc) is 2.49. The van der Waals surface area contributed by atoms with E-state index in [0.29, 0.717) is 4.47 Å². The van der Waals surface area contributed by atoms with Gasteiger partial charge in [-0.3, -0.25) is 0 Å². The van der Waals surface area contributed by atoms with E-state index in [1.807, 2.05) is 6.07 Å². The molecule has 0 spiro atoms. The van der Waals surface area contributed by atoms with E-state index in [0.717, 1.165) is 13.2 Å². The molecule has 0 saturated heterocycles. The van der Waals surface area contributed by atoms with Gasteiger partial charge in [0.1, 0.15) is 11.8 Å². The number of carbonyl (C=O) groups is 2. The van der Waals surface area contributed by atoms with E-state index >= 15 is 0 Å². The lowest BCUT2D eigenvalue weighted by Gasteiger charge is -2.12. The van der Waals surface area contributed by atoms with Crippen LogP contribution in [0.4, 0.5) is 5.69 Å². The molecule has 110 valence electrons. The summed E-state index contributed by atoms with van der Waals surface area (Å²) in [6.45, 7) is 0. The van der Waals surface area contributed by atoms with Crippen molar-refractivity contribution < 1.29 is 19.1 Å². The van der Waals surface area contributed by atoms with E-state index in [2.05, 4.69) is 30.7 Å². The number of ether oxygens (including phenoxy) is 2. The van der Waals surface area contributed by atoms with Crippen molar-refractivity contribution in [1.29, 1.82) is 5.26 Å². The van der Waals surface area contributed by atoms with Crippen molar-refractivity contribution in [2.75, 3.05) is 19.5 Å².